The number of aromatic nitrogens is 3. The van der Waals surface area contributed by atoms with Crippen LogP contribution in [0.1, 0.15) is 55.1 Å². The normalized spacial score (nSPS) is 16.3. The molecule has 3 nitrogen and oxygen atoms in total. The predicted molar refractivity (Wildman–Crippen MR) is 87.6 cm³/mol. The van der Waals surface area contributed by atoms with Gasteiger partial charge in [0.25, 0.3) is 0 Å². The number of imidazole rings is 1. The van der Waals surface area contributed by atoms with Crippen molar-refractivity contribution in [3.05, 3.63) is 41.5 Å². The topological polar surface area (TPSA) is 30.7 Å². The number of thioether (sulfide) groups is 1. The molecule has 0 atom stereocenters. The van der Waals surface area contributed by atoms with Gasteiger partial charge in [-0.25, -0.2) is 4.98 Å². The molecule has 0 radical (unpaired) electrons. The molecule has 0 aliphatic heterocycles. The van der Waals surface area contributed by atoms with Crippen LogP contribution in [0.2, 0.25) is 0 Å². The summed E-state index contributed by atoms with van der Waals surface area (Å²) in [5.74, 6) is 0.941. The molecule has 0 saturated heterocycles. The van der Waals surface area contributed by atoms with Crippen molar-refractivity contribution in [2.45, 2.75) is 62.9 Å². The molecule has 0 N–H and O–H groups in total. The van der Waals surface area contributed by atoms with Crippen molar-refractivity contribution >= 4 is 11.8 Å². The summed E-state index contributed by atoms with van der Waals surface area (Å²) in [5, 5.41) is 1.18. The van der Waals surface area contributed by atoms with Crippen LogP contribution < -0.4 is 0 Å². The molecule has 0 bridgehead atoms. The van der Waals surface area contributed by atoms with E-state index in [1.807, 2.05) is 30.2 Å². The van der Waals surface area contributed by atoms with Crippen LogP contribution in [-0.2, 0) is 5.75 Å². The van der Waals surface area contributed by atoms with Crippen molar-refractivity contribution in [1.82, 2.24) is 14.5 Å². The van der Waals surface area contributed by atoms with E-state index in [1.165, 1.54) is 54.2 Å². The zero-order chi connectivity index (χ0) is 14.7. The number of hydrogen-bond acceptors (Lipinski definition) is 3. The molecule has 1 aliphatic rings. The Morgan fingerprint density at radius 2 is 2.05 bits per heavy atom. The van der Waals surface area contributed by atoms with Gasteiger partial charge >= 0.3 is 0 Å². The van der Waals surface area contributed by atoms with Crippen molar-refractivity contribution in [3.63, 3.8) is 0 Å². The molecule has 0 unspecified atom stereocenters. The van der Waals surface area contributed by atoms with E-state index in [0.29, 0.717) is 6.04 Å². The molecule has 1 aliphatic carbocycles. The highest BCUT2D eigenvalue weighted by Gasteiger charge is 2.21. The second kappa shape index (κ2) is 6.65. The fraction of sp³-hybridized carbons (Fsp3) is 0.529. The summed E-state index contributed by atoms with van der Waals surface area (Å²) in [4.78, 5) is 9.00. The Kier molecular flexibility index (Phi) is 4.63. The van der Waals surface area contributed by atoms with E-state index in [2.05, 4.69) is 29.5 Å². The van der Waals surface area contributed by atoms with Gasteiger partial charge in [-0.15, -0.1) is 0 Å². The van der Waals surface area contributed by atoms with E-state index >= 15 is 0 Å². The first-order valence-electron chi connectivity index (χ1n) is 7.83. The molecule has 0 spiro atoms. The van der Waals surface area contributed by atoms with Crippen molar-refractivity contribution in [2.24, 2.45) is 0 Å². The maximum Gasteiger partial charge on any atom is 0.169 e. The third-order valence-corrected chi connectivity index (χ3v) is 5.41. The SMILES string of the molecule is Cc1nc(SCc2cccnc2)n(C2CCCCC2)c1C. The van der Waals surface area contributed by atoms with Crippen molar-refractivity contribution in [2.75, 3.05) is 0 Å². The Hall–Kier alpha value is -1.29. The number of pyridine rings is 1. The number of nitrogens with zero attached hydrogens (tertiary/aromatic N) is 3. The highest BCUT2D eigenvalue weighted by atomic mass is 32.2. The van der Waals surface area contributed by atoms with Gasteiger partial charge in [0.1, 0.15) is 0 Å². The van der Waals surface area contributed by atoms with Crippen LogP contribution in [0.3, 0.4) is 0 Å². The quantitative estimate of drug-likeness (QED) is 0.767. The smallest absolute Gasteiger partial charge is 0.169 e. The lowest BCUT2D eigenvalue weighted by molar-refractivity contribution is 0.332. The molecule has 1 saturated carbocycles. The maximum absolute atomic E-state index is 4.81. The molecule has 2 aromatic rings. The summed E-state index contributed by atoms with van der Waals surface area (Å²) >= 11 is 1.84. The highest BCUT2D eigenvalue weighted by molar-refractivity contribution is 7.98. The van der Waals surface area contributed by atoms with Crippen molar-refractivity contribution in [1.29, 1.82) is 0 Å². The van der Waals surface area contributed by atoms with Gasteiger partial charge in [-0.3, -0.25) is 4.98 Å². The van der Waals surface area contributed by atoms with E-state index in [1.54, 1.807) is 0 Å². The van der Waals surface area contributed by atoms with E-state index in [9.17, 15) is 0 Å². The molecule has 1 fully saturated rings. The molecular weight excluding hydrogens is 278 g/mol. The molecule has 0 amide bonds. The second-order valence-electron chi connectivity index (χ2n) is 5.88. The second-order valence-corrected chi connectivity index (χ2v) is 6.82. The molecule has 2 heterocycles. The Bertz CT molecular complexity index is 586. The summed E-state index contributed by atoms with van der Waals surface area (Å²) in [7, 11) is 0. The van der Waals surface area contributed by atoms with E-state index in [0.717, 1.165) is 5.75 Å². The van der Waals surface area contributed by atoms with E-state index in [4.69, 9.17) is 4.98 Å². The van der Waals surface area contributed by atoms with Gasteiger partial charge in [0, 0.05) is 29.9 Å². The van der Waals surface area contributed by atoms with Crippen LogP contribution in [0.5, 0.6) is 0 Å². The number of aryl methyl sites for hydroxylation is 1. The average Bonchev–Trinajstić information content (AvgIpc) is 2.82. The van der Waals surface area contributed by atoms with Crippen LogP contribution in [0.25, 0.3) is 0 Å². The van der Waals surface area contributed by atoms with Crippen LogP contribution in [0.4, 0.5) is 0 Å². The van der Waals surface area contributed by atoms with Crippen LogP contribution >= 0.6 is 11.8 Å². The Balaban J connectivity index is 1.79. The summed E-state index contributed by atoms with van der Waals surface area (Å²) in [5.41, 5.74) is 3.78. The van der Waals surface area contributed by atoms with Gasteiger partial charge in [0.05, 0.1) is 5.69 Å². The van der Waals surface area contributed by atoms with Gasteiger partial charge in [0.15, 0.2) is 5.16 Å². The lowest BCUT2D eigenvalue weighted by Crippen LogP contribution is -2.15. The van der Waals surface area contributed by atoms with Gasteiger partial charge in [-0.1, -0.05) is 37.1 Å². The average molecular weight is 301 g/mol. The van der Waals surface area contributed by atoms with Crippen LogP contribution in [0.15, 0.2) is 29.7 Å². The maximum atomic E-state index is 4.81. The molecule has 21 heavy (non-hydrogen) atoms. The van der Waals surface area contributed by atoms with Crippen LogP contribution in [0, 0.1) is 13.8 Å². The Labute approximate surface area is 131 Å². The Morgan fingerprint density at radius 1 is 1.24 bits per heavy atom. The Morgan fingerprint density at radius 3 is 2.76 bits per heavy atom. The summed E-state index contributed by atoms with van der Waals surface area (Å²) in [6.45, 7) is 4.34. The summed E-state index contributed by atoms with van der Waals surface area (Å²) in [6.07, 6.45) is 10.5. The third kappa shape index (κ3) is 3.31. The molecule has 4 heteroatoms. The lowest BCUT2D eigenvalue weighted by atomic mass is 9.95. The number of hydrogen-bond donors (Lipinski definition) is 0. The van der Waals surface area contributed by atoms with Crippen molar-refractivity contribution in [3.8, 4) is 0 Å². The number of rotatable bonds is 4. The van der Waals surface area contributed by atoms with Gasteiger partial charge in [-0.2, -0.15) is 0 Å². The first-order valence-corrected chi connectivity index (χ1v) is 8.81. The van der Waals surface area contributed by atoms with Gasteiger partial charge < -0.3 is 4.57 Å². The molecule has 0 aromatic carbocycles. The minimum absolute atomic E-state index is 0.649. The zero-order valence-electron chi connectivity index (χ0n) is 12.9. The lowest BCUT2D eigenvalue weighted by Gasteiger charge is -2.26. The van der Waals surface area contributed by atoms with Gasteiger partial charge in [0.2, 0.25) is 0 Å². The first-order chi connectivity index (χ1) is 10.3. The van der Waals surface area contributed by atoms with Gasteiger partial charge in [-0.05, 0) is 38.3 Å². The first kappa shape index (κ1) is 14.6. The summed E-state index contributed by atoms with van der Waals surface area (Å²) in [6, 6.07) is 4.78. The third-order valence-electron chi connectivity index (χ3n) is 4.38. The minimum atomic E-state index is 0.649. The van der Waals surface area contributed by atoms with E-state index in [-0.39, 0.29) is 0 Å². The predicted octanol–water partition coefficient (Wildman–Crippen LogP) is 4.69. The standard InChI is InChI=1S/C17H23N3S/c1-13-14(2)20(16-8-4-3-5-9-16)17(19-13)21-12-15-7-6-10-18-11-15/h6-7,10-11,16H,3-5,8-9,12H2,1-2H3. The monoisotopic (exact) mass is 301 g/mol. The van der Waals surface area contributed by atoms with E-state index < -0.39 is 0 Å². The molecular formula is C17H23N3S. The highest BCUT2D eigenvalue weighted by Crippen LogP contribution is 2.34. The largest absolute Gasteiger partial charge is 0.320 e. The zero-order valence-corrected chi connectivity index (χ0v) is 13.7. The van der Waals surface area contributed by atoms with Crippen LogP contribution in [-0.4, -0.2) is 14.5 Å². The minimum Gasteiger partial charge on any atom is -0.320 e. The molecule has 112 valence electrons. The fourth-order valence-corrected chi connectivity index (χ4v) is 4.19. The fourth-order valence-electron chi connectivity index (χ4n) is 3.10. The molecule has 3 rings (SSSR count). The summed E-state index contributed by atoms with van der Waals surface area (Å²) < 4.78 is 2.50. The molecule has 2 aromatic heterocycles. The van der Waals surface area contributed by atoms with Crippen molar-refractivity contribution < 1.29 is 0 Å².